The number of benzene rings is 1. The van der Waals surface area contributed by atoms with E-state index in [1.807, 2.05) is 0 Å². The zero-order valence-corrected chi connectivity index (χ0v) is 11.4. The van der Waals surface area contributed by atoms with E-state index in [1.54, 1.807) is 19.2 Å². The number of rotatable bonds is 6. The van der Waals surface area contributed by atoms with E-state index in [9.17, 15) is 4.39 Å². The van der Waals surface area contributed by atoms with Gasteiger partial charge in [-0.2, -0.15) is 0 Å². The SMILES string of the molecule is CCCNC(c1cc(F)ccc1OC)C1(C)CC1. The Morgan fingerprint density at radius 3 is 2.72 bits per heavy atom. The number of hydrogen-bond donors (Lipinski definition) is 1. The molecule has 1 saturated carbocycles. The summed E-state index contributed by atoms with van der Waals surface area (Å²) in [5, 5.41) is 3.54. The first-order chi connectivity index (χ1) is 8.60. The molecular weight excluding hydrogens is 229 g/mol. The van der Waals surface area contributed by atoms with E-state index in [1.165, 1.54) is 18.9 Å². The molecule has 18 heavy (non-hydrogen) atoms. The van der Waals surface area contributed by atoms with Crippen molar-refractivity contribution in [1.82, 2.24) is 5.32 Å². The third kappa shape index (κ3) is 2.66. The van der Waals surface area contributed by atoms with Gasteiger partial charge in [0.1, 0.15) is 11.6 Å². The van der Waals surface area contributed by atoms with E-state index in [-0.39, 0.29) is 17.3 Å². The average Bonchev–Trinajstić information content (AvgIpc) is 3.09. The molecule has 1 fully saturated rings. The lowest BCUT2D eigenvalue weighted by atomic mass is 9.91. The van der Waals surface area contributed by atoms with Crippen LogP contribution in [0.1, 0.15) is 44.7 Å². The van der Waals surface area contributed by atoms with Crippen LogP contribution in [-0.4, -0.2) is 13.7 Å². The highest BCUT2D eigenvalue weighted by Crippen LogP contribution is 2.55. The van der Waals surface area contributed by atoms with Gasteiger partial charge in [0.2, 0.25) is 0 Å². The molecule has 1 aliphatic rings. The van der Waals surface area contributed by atoms with Crippen LogP contribution in [0.4, 0.5) is 4.39 Å². The van der Waals surface area contributed by atoms with E-state index in [2.05, 4.69) is 19.2 Å². The van der Waals surface area contributed by atoms with Crippen LogP contribution >= 0.6 is 0 Å². The zero-order valence-electron chi connectivity index (χ0n) is 11.4. The van der Waals surface area contributed by atoms with Crippen LogP contribution in [0.25, 0.3) is 0 Å². The van der Waals surface area contributed by atoms with Crippen LogP contribution in [0, 0.1) is 11.2 Å². The fourth-order valence-electron chi connectivity index (χ4n) is 2.44. The number of halogens is 1. The third-order valence-electron chi connectivity index (χ3n) is 3.84. The summed E-state index contributed by atoms with van der Waals surface area (Å²) < 4.78 is 18.9. The number of nitrogens with one attached hydrogen (secondary N) is 1. The summed E-state index contributed by atoms with van der Waals surface area (Å²) in [5.74, 6) is 0.580. The Morgan fingerprint density at radius 2 is 2.17 bits per heavy atom. The molecule has 0 bridgehead atoms. The van der Waals surface area contributed by atoms with Crippen LogP contribution in [0.3, 0.4) is 0 Å². The Balaban J connectivity index is 2.31. The van der Waals surface area contributed by atoms with Gasteiger partial charge in [0.15, 0.2) is 0 Å². The van der Waals surface area contributed by atoms with Crippen molar-refractivity contribution in [3.8, 4) is 5.75 Å². The Bertz CT molecular complexity index is 415. The van der Waals surface area contributed by atoms with Crippen molar-refractivity contribution in [2.45, 2.75) is 39.2 Å². The van der Waals surface area contributed by atoms with Gasteiger partial charge < -0.3 is 10.1 Å². The summed E-state index contributed by atoms with van der Waals surface area (Å²) in [6.07, 6.45) is 3.45. The molecule has 1 unspecified atom stereocenters. The highest BCUT2D eigenvalue weighted by molar-refractivity contribution is 5.38. The van der Waals surface area contributed by atoms with Crippen molar-refractivity contribution in [3.05, 3.63) is 29.6 Å². The summed E-state index contributed by atoms with van der Waals surface area (Å²) in [4.78, 5) is 0. The normalized spacial score (nSPS) is 18.4. The molecule has 0 spiro atoms. The molecule has 2 rings (SSSR count). The zero-order chi connectivity index (χ0) is 13.2. The molecule has 0 heterocycles. The van der Waals surface area contributed by atoms with Crippen molar-refractivity contribution in [2.75, 3.05) is 13.7 Å². The monoisotopic (exact) mass is 251 g/mol. The fraction of sp³-hybridized carbons (Fsp3) is 0.600. The first-order valence-corrected chi connectivity index (χ1v) is 6.67. The summed E-state index contributed by atoms with van der Waals surface area (Å²) >= 11 is 0. The predicted octanol–water partition coefficient (Wildman–Crippen LogP) is 3.68. The number of hydrogen-bond acceptors (Lipinski definition) is 2. The minimum atomic E-state index is -0.196. The summed E-state index contributed by atoms with van der Waals surface area (Å²) in [5.41, 5.74) is 1.20. The highest BCUT2D eigenvalue weighted by atomic mass is 19.1. The molecule has 0 radical (unpaired) electrons. The molecule has 100 valence electrons. The van der Waals surface area contributed by atoms with Gasteiger partial charge in [0, 0.05) is 11.6 Å². The van der Waals surface area contributed by atoms with Crippen molar-refractivity contribution in [2.24, 2.45) is 5.41 Å². The van der Waals surface area contributed by atoms with E-state index in [0.717, 1.165) is 24.3 Å². The standard InChI is InChI=1S/C15H22FNO/c1-4-9-17-14(15(2)7-8-15)12-10-11(16)5-6-13(12)18-3/h5-6,10,14,17H,4,7-9H2,1-3H3. The van der Waals surface area contributed by atoms with Gasteiger partial charge >= 0.3 is 0 Å². The molecular formula is C15H22FNO. The highest BCUT2D eigenvalue weighted by Gasteiger charge is 2.46. The molecule has 1 aliphatic carbocycles. The molecule has 2 nitrogen and oxygen atoms in total. The van der Waals surface area contributed by atoms with Gasteiger partial charge in [-0.1, -0.05) is 13.8 Å². The van der Waals surface area contributed by atoms with Crippen LogP contribution in [0.15, 0.2) is 18.2 Å². The fourth-order valence-corrected chi connectivity index (χ4v) is 2.44. The minimum Gasteiger partial charge on any atom is -0.496 e. The Labute approximate surface area is 109 Å². The Morgan fingerprint density at radius 1 is 1.44 bits per heavy atom. The maximum absolute atomic E-state index is 13.5. The van der Waals surface area contributed by atoms with Crippen LogP contribution < -0.4 is 10.1 Å². The van der Waals surface area contributed by atoms with Gasteiger partial charge in [0.25, 0.3) is 0 Å². The second-order valence-electron chi connectivity index (χ2n) is 5.43. The van der Waals surface area contributed by atoms with Gasteiger partial charge in [-0.05, 0) is 49.4 Å². The van der Waals surface area contributed by atoms with Crippen LogP contribution in [0.5, 0.6) is 5.75 Å². The van der Waals surface area contributed by atoms with E-state index in [4.69, 9.17) is 4.74 Å². The van der Waals surface area contributed by atoms with Crippen molar-refractivity contribution >= 4 is 0 Å². The Hall–Kier alpha value is -1.09. The second kappa shape index (κ2) is 5.27. The molecule has 1 N–H and O–H groups in total. The lowest BCUT2D eigenvalue weighted by Gasteiger charge is -2.27. The number of ether oxygens (including phenoxy) is 1. The largest absolute Gasteiger partial charge is 0.496 e. The van der Waals surface area contributed by atoms with Gasteiger partial charge in [-0.3, -0.25) is 0 Å². The molecule has 0 amide bonds. The first kappa shape index (κ1) is 13.3. The minimum absolute atomic E-state index is 0.183. The molecule has 1 aromatic carbocycles. The first-order valence-electron chi connectivity index (χ1n) is 6.67. The second-order valence-corrected chi connectivity index (χ2v) is 5.43. The van der Waals surface area contributed by atoms with Gasteiger partial charge in [-0.15, -0.1) is 0 Å². The Kier molecular flexibility index (Phi) is 3.91. The molecule has 1 aromatic rings. The topological polar surface area (TPSA) is 21.3 Å². The molecule has 1 atom stereocenters. The molecule has 0 aromatic heterocycles. The predicted molar refractivity (Wildman–Crippen MR) is 71.3 cm³/mol. The molecule has 0 aliphatic heterocycles. The molecule has 0 saturated heterocycles. The maximum Gasteiger partial charge on any atom is 0.123 e. The summed E-state index contributed by atoms with van der Waals surface area (Å²) in [6, 6.07) is 4.96. The van der Waals surface area contributed by atoms with Crippen molar-refractivity contribution < 1.29 is 9.13 Å². The summed E-state index contributed by atoms with van der Waals surface area (Å²) in [6.45, 7) is 5.34. The third-order valence-corrected chi connectivity index (χ3v) is 3.84. The average molecular weight is 251 g/mol. The molecule has 3 heteroatoms. The quantitative estimate of drug-likeness (QED) is 0.832. The summed E-state index contributed by atoms with van der Waals surface area (Å²) in [7, 11) is 1.64. The van der Waals surface area contributed by atoms with Crippen LogP contribution in [0.2, 0.25) is 0 Å². The number of methoxy groups -OCH3 is 1. The lowest BCUT2D eigenvalue weighted by Crippen LogP contribution is -2.29. The van der Waals surface area contributed by atoms with Gasteiger partial charge in [0.05, 0.1) is 7.11 Å². The van der Waals surface area contributed by atoms with Crippen molar-refractivity contribution in [1.29, 1.82) is 0 Å². The smallest absolute Gasteiger partial charge is 0.123 e. The van der Waals surface area contributed by atoms with E-state index < -0.39 is 0 Å². The van der Waals surface area contributed by atoms with E-state index in [0.29, 0.717) is 0 Å². The van der Waals surface area contributed by atoms with E-state index >= 15 is 0 Å². The lowest BCUT2D eigenvalue weighted by molar-refractivity contribution is 0.341. The maximum atomic E-state index is 13.5. The van der Waals surface area contributed by atoms with Crippen LogP contribution in [-0.2, 0) is 0 Å². The van der Waals surface area contributed by atoms with Gasteiger partial charge in [-0.25, -0.2) is 4.39 Å². The van der Waals surface area contributed by atoms with Crippen molar-refractivity contribution in [3.63, 3.8) is 0 Å².